The molecule has 2 aliphatic rings. The molecule has 6 nitrogen and oxygen atoms in total. The van der Waals surface area contributed by atoms with Crippen molar-refractivity contribution in [3.05, 3.63) is 29.8 Å². The van der Waals surface area contributed by atoms with Gasteiger partial charge in [-0.2, -0.15) is 0 Å². The average molecular weight is 404 g/mol. The van der Waals surface area contributed by atoms with Crippen LogP contribution in [0.1, 0.15) is 25.3 Å². The first-order valence-electron chi connectivity index (χ1n) is 10.3. The fourth-order valence-electron chi connectivity index (χ4n) is 3.61. The Hall–Kier alpha value is -1.70. The van der Waals surface area contributed by atoms with E-state index in [0.717, 1.165) is 63.2 Å². The minimum Gasteiger partial charge on any atom is -0.346 e. The molecule has 0 bridgehead atoms. The van der Waals surface area contributed by atoms with Gasteiger partial charge in [0, 0.05) is 58.0 Å². The van der Waals surface area contributed by atoms with E-state index in [0.29, 0.717) is 12.5 Å². The second kappa shape index (κ2) is 9.67. The van der Waals surface area contributed by atoms with E-state index in [1.807, 2.05) is 4.90 Å². The molecule has 2 saturated heterocycles. The van der Waals surface area contributed by atoms with Crippen LogP contribution < -0.4 is 5.32 Å². The third-order valence-electron chi connectivity index (χ3n) is 5.70. The molecule has 28 heavy (non-hydrogen) atoms. The maximum Gasteiger partial charge on any atom is 0.236 e. The molecular formula is C21H33N5OS. The van der Waals surface area contributed by atoms with E-state index >= 15 is 0 Å². The number of carbonyl (C=O) groups is 1. The summed E-state index contributed by atoms with van der Waals surface area (Å²) in [5.74, 6) is 0.787. The molecule has 0 saturated carbocycles. The SMILES string of the molecule is CC(C)c1ccc(NC(=S)N2CCN(CC(=O)N3CCN(C)CC3)CC2)cc1. The second-order valence-corrected chi connectivity index (χ2v) is 8.54. The molecule has 0 spiro atoms. The van der Waals surface area contributed by atoms with Crippen molar-refractivity contribution in [2.24, 2.45) is 0 Å². The van der Waals surface area contributed by atoms with Gasteiger partial charge in [0.05, 0.1) is 6.54 Å². The first-order chi connectivity index (χ1) is 13.4. The molecule has 1 aromatic carbocycles. The summed E-state index contributed by atoms with van der Waals surface area (Å²) in [5.41, 5.74) is 2.36. The molecule has 1 N–H and O–H groups in total. The van der Waals surface area contributed by atoms with Crippen LogP contribution in [0.25, 0.3) is 0 Å². The Morgan fingerprint density at radius 2 is 1.54 bits per heavy atom. The summed E-state index contributed by atoms with van der Waals surface area (Å²) in [7, 11) is 2.11. The van der Waals surface area contributed by atoms with Crippen molar-refractivity contribution in [3.8, 4) is 0 Å². The van der Waals surface area contributed by atoms with E-state index in [4.69, 9.17) is 12.2 Å². The van der Waals surface area contributed by atoms with Crippen LogP contribution in [0.4, 0.5) is 5.69 Å². The van der Waals surface area contributed by atoms with Crippen molar-refractivity contribution < 1.29 is 4.79 Å². The lowest BCUT2D eigenvalue weighted by molar-refractivity contribution is -0.134. The van der Waals surface area contributed by atoms with Gasteiger partial charge in [-0.1, -0.05) is 26.0 Å². The van der Waals surface area contributed by atoms with Gasteiger partial charge in [-0.25, -0.2) is 0 Å². The van der Waals surface area contributed by atoms with Gasteiger partial charge in [0.15, 0.2) is 5.11 Å². The summed E-state index contributed by atoms with van der Waals surface area (Å²) in [6.07, 6.45) is 0. The van der Waals surface area contributed by atoms with Gasteiger partial charge in [0.25, 0.3) is 0 Å². The number of rotatable bonds is 4. The summed E-state index contributed by atoms with van der Waals surface area (Å²) < 4.78 is 0. The lowest BCUT2D eigenvalue weighted by atomic mass is 10.0. The van der Waals surface area contributed by atoms with E-state index in [-0.39, 0.29) is 5.91 Å². The molecule has 7 heteroatoms. The van der Waals surface area contributed by atoms with Crippen molar-refractivity contribution in [2.75, 3.05) is 71.3 Å². The first-order valence-corrected chi connectivity index (χ1v) is 10.7. The second-order valence-electron chi connectivity index (χ2n) is 8.15. The predicted octanol–water partition coefficient (Wildman–Crippen LogP) is 1.90. The summed E-state index contributed by atoms with van der Waals surface area (Å²) in [6, 6.07) is 8.48. The standard InChI is InChI=1S/C21H33N5OS/c1-17(2)18-4-6-19(7-5-18)22-21(28)26-14-10-24(11-15-26)16-20(27)25-12-8-23(3)9-13-25/h4-7,17H,8-16H2,1-3H3,(H,22,28). The lowest BCUT2D eigenvalue weighted by Gasteiger charge is -2.38. The van der Waals surface area contributed by atoms with Crippen LogP contribution in [0, 0.1) is 0 Å². The van der Waals surface area contributed by atoms with Gasteiger partial charge in [-0.15, -0.1) is 0 Å². The van der Waals surface area contributed by atoms with Crippen LogP contribution in [0.5, 0.6) is 0 Å². The minimum absolute atomic E-state index is 0.257. The van der Waals surface area contributed by atoms with Crippen LogP contribution >= 0.6 is 12.2 Å². The topological polar surface area (TPSA) is 42.1 Å². The van der Waals surface area contributed by atoms with E-state index in [9.17, 15) is 4.79 Å². The average Bonchev–Trinajstić information content (AvgIpc) is 2.69. The summed E-state index contributed by atoms with van der Waals surface area (Å²) in [6.45, 7) is 12.0. The maximum atomic E-state index is 12.5. The summed E-state index contributed by atoms with van der Waals surface area (Å²) in [4.78, 5) is 21.2. The number of nitrogens with one attached hydrogen (secondary N) is 1. The van der Waals surface area contributed by atoms with Gasteiger partial charge in [0.2, 0.25) is 5.91 Å². The minimum atomic E-state index is 0.257. The largest absolute Gasteiger partial charge is 0.346 e. The van der Waals surface area contributed by atoms with Gasteiger partial charge in [-0.3, -0.25) is 9.69 Å². The van der Waals surface area contributed by atoms with Gasteiger partial charge < -0.3 is 20.0 Å². The molecular weight excluding hydrogens is 370 g/mol. The van der Waals surface area contributed by atoms with Crippen molar-refractivity contribution in [3.63, 3.8) is 0 Å². The molecule has 0 aliphatic carbocycles. The normalized spacial score (nSPS) is 19.1. The molecule has 2 fully saturated rings. The Labute approximate surface area is 174 Å². The number of benzene rings is 1. The Kier molecular flexibility index (Phi) is 7.26. The number of hydrogen-bond donors (Lipinski definition) is 1. The van der Waals surface area contributed by atoms with E-state index in [2.05, 4.69) is 65.2 Å². The highest BCUT2D eigenvalue weighted by Gasteiger charge is 2.24. The molecule has 0 radical (unpaired) electrons. The highest BCUT2D eigenvalue weighted by molar-refractivity contribution is 7.80. The zero-order chi connectivity index (χ0) is 20.1. The Morgan fingerprint density at radius 3 is 2.11 bits per heavy atom. The fraction of sp³-hybridized carbons (Fsp3) is 0.619. The third kappa shape index (κ3) is 5.65. The molecule has 0 aromatic heterocycles. The molecule has 2 heterocycles. The van der Waals surface area contributed by atoms with Crippen LogP contribution in [0.15, 0.2) is 24.3 Å². The number of piperazine rings is 2. The van der Waals surface area contributed by atoms with Crippen molar-refractivity contribution in [2.45, 2.75) is 19.8 Å². The zero-order valence-corrected chi connectivity index (χ0v) is 18.2. The summed E-state index contributed by atoms with van der Waals surface area (Å²) in [5, 5.41) is 4.11. The highest BCUT2D eigenvalue weighted by Crippen LogP contribution is 2.17. The summed E-state index contributed by atoms with van der Waals surface area (Å²) >= 11 is 5.60. The number of hydrogen-bond acceptors (Lipinski definition) is 4. The van der Waals surface area contributed by atoms with Crippen LogP contribution in [-0.2, 0) is 4.79 Å². The Bertz CT molecular complexity index is 662. The number of carbonyl (C=O) groups excluding carboxylic acids is 1. The zero-order valence-electron chi connectivity index (χ0n) is 17.4. The number of likely N-dealkylation sites (N-methyl/N-ethyl adjacent to an activating group) is 1. The van der Waals surface area contributed by atoms with E-state index < -0.39 is 0 Å². The number of thiocarbonyl (C=S) groups is 1. The van der Waals surface area contributed by atoms with Gasteiger partial charge in [-0.05, 0) is 42.9 Å². The molecule has 2 aliphatic heterocycles. The lowest BCUT2D eigenvalue weighted by Crippen LogP contribution is -2.54. The fourth-order valence-corrected chi connectivity index (χ4v) is 3.91. The highest BCUT2D eigenvalue weighted by atomic mass is 32.1. The maximum absolute atomic E-state index is 12.5. The van der Waals surface area contributed by atoms with Crippen LogP contribution in [0.2, 0.25) is 0 Å². The Morgan fingerprint density at radius 1 is 0.964 bits per heavy atom. The smallest absolute Gasteiger partial charge is 0.236 e. The quantitative estimate of drug-likeness (QED) is 0.775. The molecule has 0 atom stereocenters. The van der Waals surface area contributed by atoms with Crippen molar-refractivity contribution in [1.29, 1.82) is 0 Å². The third-order valence-corrected chi connectivity index (χ3v) is 6.06. The molecule has 154 valence electrons. The van der Waals surface area contributed by atoms with Crippen LogP contribution in [-0.4, -0.2) is 96.6 Å². The van der Waals surface area contributed by atoms with Crippen LogP contribution in [0.3, 0.4) is 0 Å². The van der Waals surface area contributed by atoms with Gasteiger partial charge >= 0.3 is 0 Å². The molecule has 0 unspecified atom stereocenters. The van der Waals surface area contributed by atoms with Crippen molar-refractivity contribution >= 4 is 28.9 Å². The number of nitrogens with zero attached hydrogens (tertiary/aromatic N) is 4. The van der Waals surface area contributed by atoms with Gasteiger partial charge in [0.1, 0.15) is 0 Å². The van der Waals surface area contributed by atoms with E-state index in [1.54, 1.807) is 0 Å². The monoisotopic (exact) mass is 403 g/mol. The number of amides is 1. The first kappa shape index (κ1) is 21.0. The van der Waals surface area contributed by atoms with E-state index in [1.165, 1.54) is 5.56 Å². The Balaban J connectivity index is 1.41. The number of anilines is 1. The predicted molar refractivity (Wildman–Crippen MR) is 119 cm³/mol. The molecule has 1 amide bonds. The molecule has 3 rings (SSSR count). The van der Waals surface area contributed by atoms with Crippen molar-refractivity contribution in [1.82, 2.24) is 19.6 Å². The molecule has 1 aromatic rings.